The highest BCUT2D eigenvalue weighted by Crippen LogP contribution is 2.30. The number of hydrogen-bond donors (Lipinski definition) is 1. The van der Waals surface area contributed by atoms with Gasteiger partial charge in [-0.15, -0.1) is 0 Å². The van der Waals surface area contributed by atoms with Crippen LogP contribution in [0.25, 0.3) is 22.3 Å². The quantitative estimate of drug-likeness (QED) is 0.467. The molecular formula is C24H27N5O. The summed E-state index contributed by atoms with van der Waals surface area (Å²) in [6.07, 6.45) is 0. The van der Waals surface area contributed by atoms with E-state index in [9.17, 15) is 0 Å². The van der Waals surface area contributed by atoms with Gasteiger partial charge in [0.25, 0.3) is 0 Å². The zero-order valence-corrected chi connectivity index (χ0v) is 18.1. The van der Waals surface area contributed by atoms with Gasteiger partial charge in [-0.25, -0.2) is 4.98 Å². The first kappa shape index (κ1) is 19.9. The number of nitrogens with one attached hydrogen (secondary N) is 1. The summed E-state index contributed by atoms with van der Waals surface area (Å²) < 4.78 is 5.45. The Labute approximate surface area is 176 Å². The second kappa shape index (κ2) is 8.14. The van der Waals surface area contributed by atoms with Gasteiger partial charge in [0.1, 0.15) is 5.82 Å². The van der Waals surface area contributed by atoms with Crippen molar-refractivity contribution in [2.24, 2.45) is 0 Å². The molecule has 0 saturated carbocycles. The van der Waals surface area contributed by atoms with Crippen molar-refractivity contribution in [3.63, 3.8) is 0 Å². The SMILES string of the molecule is Cc1cccc2cc(-c3noc(C(C)C)n3)c(NCc3ccc(N(C)C)cc3)nc12. The molecule has 0 aliphatic rings. The highest BCUT2D eigenvalue weighted by atomic mass is 16.5. The number of benzene rings is 2. The van der Waals surface area contributed by atoms with Crippen molar-refractivity contribution >= 4 is 22.4 Å². The normalized spacial score (nSPS) is 11.3. The smallest absolute Gasteiger partial charge is 0.229 e. The van der Waals surface area contributed by atoms with Gasteiger partial charge in [0.05, 0.1) is 11.1 Å². The van der Waals surface area contributed by atoms with Crippen LogP contribution in [0.15, 0.2) is 53.1 Å². The molecule has 30 heavy (non-hydrogen) atoms. The van der Waals surface area contributed by atoms with Crippen LogP contribution in [0.4, 0.5) is 11.5 Å². The van der Waals surface area contributed by atoms with Crippen LogP contribution in [0.5, 0.6) is 0 Å². The monoisotopic (exact) mass is 401 g/mol. The third kappa shape index (κ3) is 3.99. The molecule has 0 bridgehead atoms. The molecule has 4 rings (SSSR count). The molecule has 0 atom stereocenters. The van der Waals surface area contributed by atoms with Gasteiger partial charge in [-0.05, 0) is 36.2 Å². The topological polar surface area (TPSA) is 67.1 Å². The van der Waals surface area contributed by atoms with Crippen LogP contribution in [0, 0.1) is 6.92 Å². The van der Waals surface area contributed by atoms with Crippen molar-refractivity contribution < 1.29 is 4.52 Å². The molecule has 0 saturated heterocycles. The molecule has 0 fully saturated rings. The Morgan fingerprint density at radius 2 is 1.80 bits per heavy atom. The fourth-order valence-corrected chi connectivity index (χ4v) is 3.33. The second-order valence-electron chi connectivity index (χ2n) is 8.06. The number of aromatic nitrogens is 3. The highest BCUT2D eigenvalue weighted by molar-refractivity contribution is 5.89. The van der Waals surface area contributed by atoms with Gasteiger partial charge in [-0.3, -0.25) is 0 Å². The van der Waals surface area contributed by atoms with Gasteiger partial charge in [0, 0.05) is 37.6 Å². The minimum absolute atomic E-state index is 0.175. The molecule has 2 heterocycles. The van der Waals surface area contributed by atoms with Crippen LogP contribution in [0.2, 0.25) is 0 Å². The van der Waals surface area contributed by atoms with E-state index in [0.29, 0.717) is 18.3 Å². The Kier molecular flexibility index (Phi) is 5.40. The number of pyridine rings is 1. The van der Waals surface area contributed by atoms with Gasteiger partial charge in [-0.1, -0.05) is 49.3 Å². The summed E-state index contributed by atoms with van der Waals surface area (Å²) in [7, 11) is 4.08. The minimum atomic E-state index is 0.175. The molecule has 2 aromatic carbocycles. The Morgan fingerprint density at radius 1 is 1.03 bits per heavy atom. The Bertz CT molecular complexity index is 1160. The minimum Gasteiger partial charge on any atom is -0.378 e. The van der Waals surface area contributed by atoms with Crippen LogP contribution in [0.1, 0.15) is 36.8 Å². The van der Waals surface area contributed by atoms with E-state index in [1.807, 2.05) is 34.0 Å². The molecule has 0 spiro atoms. The fraction of sp³-hybridized carbons (Fsp3) is 0.292. The molecule has 1 N–H and O–H groups in total. The average Bonchev–Trinajstić information content (AvgIpc) is 3.23. The van der Waals surface area contributed by atoms with Crippen molar-refractivity contribution in [3.8, 4) is 11.4 Å². The maximum Gasteiger partial charge on any atom is 0.229 e. The molecule has 0 aliphatic heterocycles. The summed E-state index contributed by atoms with van der Waals surface area (Å²) in [4.78, 5) is 11.6. The zero-order valence-electron chi connectivity index (χ0n) is 18.1. The number of anilines is 2. The van der Waals surface area contributed by atoms with E-state index in [4.69, 9.17) is 9.51 Å². The van der Waals surface area contributed by atoms with Crippen LogP contribution in [-0.2, 0) is 6.54 Å². The molecule has 0 radical (unpaired) electrons. The van der Waals surface area contributed by atoms with Crippen LogP contribution in [0.3, 0.4) is 0 Å². The lowest BCUT2D eigenvalue weighted by atomic mass is 10.1. The summed E-state index contributed by atoms with van der Waals surface area (Å²) in [6, 6.07) is 16.7. The molecule has 154 valence electrons. The van der Waals surface area contributed by atoms with Gasteiger partial charge in [0.2, 0.25) is 11.7 Å². The summed E-state index contributed by atoms with van der Waals surface area (Å²) in [5.74, 6) is 2.11. The second-order valence-corrected chi connectivity index (χ2v) is 8.06. The van der Waals surface area contributed by atoms with Crippen LogP contribution in [-0.4, -0.2) is 29.2 Å². The Hall–Kier alpha value is -3.41. The predicted octanol–water partition coefficient (Wildman–Crippen LogP) is 5.39. The number of nitrogens with zero attached hydrogens (tertiary/aromatic N) is 4. The molecule has 2 aromatic heterocycles. The number of fused-ring (bicyclic) bond motifs is 1. The number of hydrogen-bond acceptors (Lipinski definition) is 6. The van der Waals surface area contributed by atoms with Crippen molar-refractivity contribution in [1.29, 1.82) is 0 Å². The molecule has 0 unspecified atom stereocenters. The first-order valence-corrected chi connectivity index (χ1v) is 10.2. The van der Waals surface area contributed by atoms with E-state index in [-0.39, 0.29) is 5.92 Å². The van der Waals surface area contributed by atoms with Gasteiger partial charge in [0.15, 0.2) is 0 Å². The zero-order chi connectivity index (χ0) is 21.3. The Balaban J connectivity index is 1.71. The number of aryl methyl sites for hydroxylation is 1. The summed E-state index contributed by atoms with van der Waals surface area (Å²) in [5, 5.41) is 8.76. The summed E-state index contributed by atoms with van der Waals surface area (Å²) >= 11 is 0. The van der Waals surface area contributed by atoms with Crippen LogP contribution < -0.4 is 10.2 Å². The third-order valence-corrected chi connectivity index (χ3v) is 5.14. The molecule has 0 amide bonds. The van der Waals surface area contributed by atoms with Crippen molar-refractivity contribution in [3.05, 3.63) is 65.5 Å². The maximum atomic E-state index is 5.45. The van der Waals surface area contributed by atoms with Crippen molar-refractivity contribution in [2.75, 3.05) is 24.3 Å². The first-order valence-electron chi connectivity index (χ1n) is 10.2. The van der Waals surface area contributed by atoms with E-state index in [1.165, 1.54) is 11.3 Å². The van der Waals surface area contributed by atoms with E-state index in [1.54, 1.807) is 0 Å². The first-order chi connectivity index (χ1) is 14.4. The molecule has 0 aliphatic carbocycles. The fourth-order valence-electron chi connectivity index (χ4n) is 3.33. The lowest BCUT2D eigenvalue weighted by Crippen LogP contribution is -2.09. The van der Waals surface area contributed by atoms with E-state index in [2.05, 4.69) is 69.7 Å². The average molecular weight is 402 g/mol. The van der Waals surface area contributed by atoms with E-state index in [0.717, 1.165) is 27.8 Å². The summed E-state index contributed by atoms with van der Waals surface area (Å²) in [5.41, 5.74) is 5.29. The van der Waals surface area contributed by atoms with E-state index < -0.39 is 0 Å². The molecular weight excluding hydrogens is 374 g/mol. The van der Waals surface area contributed by atoms with Crippen molar-refractivity contribution in [2.45, 2.75) is 33.2 Å². The number of rotatable bonds is 6. The third-order valence-electron chi connectivity index (χ3n) is 5.14. The maximum absolute atomic E-state index is 5.45. The molecule has 6 nitrogen and oxygen atoms in total. The lowest BCUT2D eigenvalue weighted by Gasteiger charge is -2.14. The van der Waals surface area contributed by atoms with Crippen molar-refractivity contribution in [1.82, 2.24) is 15.1 Å². The highest BCUT2D eigenvalue weighted by Gasteiger charge is 2.17. The predicted molar refractivity (Wildman–Crippen MR) is 122 cm³/mol. The standard InChI is InChI=1S/C24H27N5O/c1-15(2)24-27-23(28-30-24)20-13-18-8-6-7-16(3)21(18)26-22(20)25-14-17-9-11-19(12-10-17)29(4)5/h6-13,15H,14H2,1-5H3,(H,25,26). The van der Waals surface area contributed by atoms with Gasteiger partial charge in [-0.2, -0.15) is 4.98 Å². The van der Waals surface area contributed by atoms with Crippen LogP contribution >= 0.6 is 0 Å². The molecule has 4 aromatic rings. The Morgan fingerprint density at radius 3 is 2.47 bits per heavy atom. The molecule has 6 heteroatoms. The van der Waals surface area contributed by atoms with E-state index >= 15 is 0 Å². The number of para-hydroxylation sites is 1. The van der Waals surface area contributed by atoms with Gasteiger partial charge >= 0.3 is 0 Å². The van der Waals surface area contributed by atoms with Gasteiger partial charge < -0.3 is 14.7 Å². The lowest BCUT2D eigenvalue weighted by molar-refractivity contribution is 0.365. The largest absolute Gasteiger partial charge is 0.378 e. The summed E-state index contributed by atoms with van der Waals surface area (Å²) in [6.45, 7) is 6.80.